The molecule has 7 heteroatoms. The van der Waals surface area contributed by atoms with Crippen molar-refractivity contribution in [1.82, 2.24) is 24.6 Å². The van der Waals surface area contributed by atoms with Gasteiger partial charge in [0.1, 0.15) is 0 Å². The van der Waals surface area contributed by atoms with Crippen LogP contribution in [-0.4, -0.2) is 52.0 Å². The number of fused-ring (bicyclic) bond motifs is 1. The second-order valence-corrected chi connectivity index (χ2v) is 7.14. The maximum Gasteiger partial charge on any atom is 0.220 e. The average Bonchev–Trinajstić information content (AvgIpc) is 3.09. The number of ether oxygens (including phenoxy) is 1. The molecule has 1 amide bonds. The van der Waals surface area contributed by atoms with Gasteiger partial charge in [-0.25, -0.2) is 0 Å². The number of nitrogens with zero attached hydrogens (tertiary/aromatic N) is 4. The highest BCUT2D eigenvalue weighted by molar-refractivity contribution is 5.76. The van der Waals surface area contributed by atoms with Gasteiger partial charge in [0.2, 0.25) is 5.91 Å². The van der Waals surface area contributed by atoms with E-state index in [1.807, 2.05) is 18.7 Å². The van der Waals surface area contributed by atoms with Crippen LogP contribution in [0.5, 0.6) is 0 Å². The average molecular weight is 359 g/mol. The molecule has 1 aliphatic rings. The molecule has 26 heavy (non-hydrogen) atoms. The van der Waals surface area contributed by atoms with E-state index in [2.05, 4.69) is 44.3 Å². The maximum atomic E-state index is 12.3. The third-order valence-corrected chi connectivity index (χ3v) is 4.87. The number of rotatable bonds is 7. The summed E-state index contributed by atoms with van der Waals surface area (Å²) in [5.41, 5.74) is 3.53. The Balaban J connectivity index is 1.68. The van der Waals surface area contributed by atoms with Crippen molar-refractivity contribution in [3.63, 3.8) is 0 Å². The van der Waals surface area contributed by atoms with Crippen molar-refractivity contribution in [3.05, 3.63) is 41.5 Å². The van der Waals surface area contributed by atoms with Gasteiger partial charge in [-0.2, -0.15) is 5.10 Å². The van der Waals surface area contributed by atoms with Crippen LogP contribution in [0.1, 0.15) is 23.5 Å². The second kappa shape index (κ2) is 8.51. The minimum absolute atomic E-state index is 0.0963. The van der Waals surface area contributed by atoms with Crippen molar-refractivity contribution in [1.29, 1.82) is 0 Å². The van der Waals surface area contributed by atoms with Gasteiger partial charge in [-0.05, 0) is 31.0 Å². The molecule has 0 aromatic carbocycles. The van der Waals surface area contributed by atoms with Crippen LogP contribution in [0.3, 0.4) is 0 Å². The Hall–Kier alpha value is -2.12. The zero-order valence-corrected chi connectivity index (χ0v) is 15.9. The number of nitrogens with one attached hydrogen (secondary N) is 1. The first-order chi connectivity index (χ1) is 12.5. The van der Waals surface area contributed by atoms with E-state index in [4.69, 9.17) is 4.74 Å². The molecule has 0 bridgehead atoms. The van der Waals surface area contributed by atoms with Gasteiger partial charge in [-0.3, -0.25) is 14.4 Å². The van der Waals surface area contributed by atoms with Crippen LogP contribution >= 0.6 is 0 Å². The number of carbonyl (C=O) groups is 1. The highest BCUT2D eigenvalue weighted by atomic mass is 16.5. The van der Waals surface area contributed by atoms with E-state index in [0.29, 0.717) is 19.6 Å². The predicted octanol–water partition coefficient (Wildman–Crippen LogP) is 1.31. The van der Waals surface area contributed by atoms with Gasteiger partial charge in [0.15, 0.2) is 0 Å². The summed E-state index contributed by atoms with van der Waals surface area (Å²) < 4.78 is 9.23. The van der Waals surface area contributed by atoms with E-state index in [1.165, 1.54) is 11.4 Å². The van der Waals surface area contributed by atoms with Crippen LogP contribution in [0.4, 0.5) is 0 Å². The molecule has 0 radical (unpaired) electrons. The maximum absolute atomic E-state index is 12.3. The highest BCUT2D eigenvalue weighted by Gasteiger charge is 2.24. The lowest BCUT2D eigenvalue weighted by molar-refractivity contribution is -0.122. The smallest absolute Gasteiger partial charge is 0.220 e. The Morgan fingerprint density at radius 1 is 1.42 bits per heavy atom. The molecule has 2 aromatic heterocycles. The van der Waals surface area contributed by atoms with Gasteiger partial charge < -0.3 is 14.6 Å². The predicted molar refractivity (Wildman–Crippen MR) is 99.5 cm³/mol. The molecule has 3 heterocycles. The Labute approximate surface area is 154 Å². The quantitative estimate of drug-likeness (QED) is 0.757. The molecular formula is C19H29N5O2. The van der Waals surface area contributed by atoms with Gasteiger partial charge >= 0.3 is 0 Å². The number of hydrogen-bond donors (Lipinski definition) is 1. The minimum Gasteiger partial charge on any atom is -0.383 e. The van der Waals surface area contributed by atoms with Crippen molar-refractivity contribution in [2.24, 2.45) is 13.0 Å². The van der Waals surface area contributed by atoms with Crippen LogP contribution in [0.2, 0.25) is 0 Å². The third-order valence-electron chi connectivity index (χ3n) is 4.87. The molecule has 142 valence electrons. The summed E-state index contributed by atoms with van der Waals surface area (Å²) in [7, 11) is 3.63. The summed E-state index contributed by atoms with van der Waals surface area (Å²) in [6.07, 6.45) is 2.64. The largest absolute Gasteiger partial charge is 0.383 e. The molecule has 7 nitrogen and oxygen atoms in total. The van der Waals surface area contributed by atoms with Crippen LogP contribution in [-0.2, 0) is 36.2 Å². The standard InChI is InChI=1S/C19H29N5O2/c1-15-9-18(22(2)21-15)14-23-11-16(10-19(25)20-6-8-26-3)12-24-7-4-5-17(24)13-23/h4-5,7,9,16H,6,8,10-14H2,1-3H3,(H,20,25)/t16-/m0/s1. The lowest BCUT2D eigenvalue weighted by Crippen LogP contribution is -2.33. The first-order valence-electron chi connectivity index (χ1n) is 9.16. The second-order valence-electron chi connectivity index (χ2n) is 7.14. The molecule has 0 saturated carbocycles. The summed E-state index contributed by atoms with van der Waals surface area (Å²) in [6, 6.07) is 6.39. The van der Waals surface area contributed by atoms with Crippen molar-refractivity contribution < 1.29 is 9.53 Å². The van der Waals surface area contributed by atoms with Crippen LogP contribution < -0.4 is 5.32 Å². The first-order valence-corrected chi connectivity index (χ1v) is 9.16. The Morgan fingerprint density at radius 3 is 3.00 bits per heavy atom. The van der Waals surface area contributed by atoms with Crippen molar-refractivity contribution >= 4 is 5.91 Å². The van der Waals surface area contributed by atoms with E-state index in [1.54, 1.807) is 7.11 Å². The van der Waals surface area contributed by atoms with Crippen molar-refractivity contribution in [2.75, 3.05) is 26.8 Å². The molecule has 0 fully saturated rings. The zero-order chi connectivity index (χ0) is 18.5. The fourth-order valence-electron chi connectivity index (χ4n) is 3.68. The third kappa shape index (κ3) is 4.74. The normalized spacial score (nSPS) is 17.7. The fraction of sp³-hybridized carbons (Fsp3) is 0.579. The van der Waals surface area contributed by atoms with Gasteiger partial charge in [0.05, 0.1) is 18.0 Å². The number of carbonyl (C=O) groups excluding carboxylic acids is 1. The molecule has 0 spiro atoms. The van der Waals surface area contributed by atoms with Crippen LogP contribution in [0.25, 0.3) is 0 Å². The molecule has 0 aliphatic carbocycles. The summed E-state index contributed by atoms with van der Waals surface area (Å²) >= 11 is 0. The number of hydrogen-bond acceptors (Lipinski definition) is 4. The van der Waals surface area contributed by atoms with Gasteiger partial charge in [0, 0.05) is 65.2 Å². The number of methoxy groups -OCH3 is 1. The number of aryl methyl sites for hydroxylation is 2. The topological polar surface area (TPSA) is 64.3 Å². The zero-order valence-electron chi connectivity index (χ0n) is 15.9. The minimum atomic E-state index is 0.0963. The van der Waals surface area contributed by atoms with E-state index >= 15 is 0 Å². The van der Waals surface area contributed by atoms with Crippen molar-refractivity contribution in [2.45, 2.75) is 33.0 Å². The molecule has 1 aliphatic heterocycles. The molecule has 0 unspecified atom stereocenters. The molecular weight excluding hydrogens is 330 g/mol. The summed E-state index contributed by atoms with van der Waals surface area (Å²) in [5.74, 6) is 0.375. The first kappa shape index (κ1) is 18.7. The summed E-state index contributed by atoms with van der Waals surface area (Å²) in [4.78, 5) is 14.7. The molecule has 2 aromatic rings. The number of amides is 1. The van der Waals surface area contributed by atoms with E-state index in [-0.39, 0.29) is 11.8 Å². The lowest BCUT2D eigenvalue weighted by Gasteiger charge is -2.23. The van der Waals surface area contributed by atoms with Gasteiger partial charge in [-0.1, -0.05) is 0 Å². The number of aromatic nitrogens is 3. The van der Waals surface area contributed by atoms with Gasteiger partial charge in [0.25, 0.3) is 0 Å². The van der Waals surface area contributed by atoms with Crippen LogP contribution in [0, 0.1) is 12.8 Å². The highest BCUT2D eigenvalue weighted by Crippen LogP contribution is 2.21. The molecule has 1 atom stereocenters. The molecule has 1 N–H and O–H groups in total. The summed E-state index contributed by atoms with van der Waals surface area (Å²) in [6.45, 7) is 6.62. The van der Waals surface area contributed by atoms with E-state index < -0.39 is 0 Å². The monoisotopic (exact) mass is 359 g/mol. The molecule has 3 rings (SSSR count). The Morgan fingerprint density at radius 2 is 2.27 bits per heavy atom. The SMILES string of the molecule is COCCNC(=O)C[C@H]1CN(Cc2cc(C)nn2C)Cc2cccn2C1. The van der Waals surface area contributed by atoms with E-state index in [0.717, 1.165) is 31.9 Å². The Bertz CT molecular complexity index is 736. The van der Waals surface area contributed by atoms with Crippen LogP contribution in [0.15, 0.2) is 24.4 Å². The summed E-state index contributed by atoms with van der Waals surface area (Å²) in [5, 5.41) is 7.39. The fourth-order valence-corrected chi connectivity index (χ4v) is 3.68. The van der Waals surface area contributed by atoms with Crippen molar-refractivity contribution in [3.8, 4) is 0 Å². The van der Waals surface area contributed by atoms with E-state index in [9.17, 15) is 4.79 Å². The van der Waals surface area contributed by atoms with Gasteiger partial charge in [-0.15, -0.1) is 0 Å². The Kier molecular flexibility index (Phi) is 6.11. The molecule has 0 saturated heterocycles. The lowest BCUT2D eigenvalue weighted by atomic mass is 10.0.